The predicted molar refractivity (Wildman–Crippen MR) is 74.3 cm³/mol. The number of aliphatic hydroxyl groups is 1. The number of aromatic nitrogens is 1. The Morgan fingerprint density at radius 2 is 2.41 bits per heavy atom. The van der Waals surface area contributed by atoms with Gasteiger partial charge in [-0.1, -0.05) is 0 Å². The third-order valence-electron chi connectivity index (χ3n) is 3.33. The van der Waals surface area contributed by atoms with E-state index in [4.69, 9.17) is 0 Å². The first kappa shape index (κ1) is 13.3. The molecule has 3 nitrogen and oxygen atoms in total. The van der Waals surface area contributed by atoms with Crippen molar-refractivity contribution in [3.8, 4) is 0 Å². The summed E-state index contributed by atoms with van der Waals surface area (Å²) in [6.07, 6.45) is 4.22. The topological polar surface area (TPSA) is 45.1 Å². The van der Waals surface area contributed by atoms with E-state index in [1.165, 1.54) is 12.8 Å². The zero-order valence-electron chi connectivity index (χ0n) is 9.82. The van der Waals surface area contributed by atoms with E-state index in [2.05, 4.69) is 26.2 Å². The van der Waals surface area contributed by atoms with E-state index >= 15 is 0 Å². The third-order valence-corrected chi connectivity index (χ3v) is 5.49. The number of halogens is 1. The Labute approximate surface area is 115 Å². The van der Waals surface area contributed by atoms with Crippen molar-refractivity contribution in [2.45, 2.75) is 23.4 Å². The Bertz CT molecular complexity index is 381. The van der Waals surface area contributed by atoms with Gasteiger partial charge in [-0.05, 0) is 53.9 Å². The van der Waals surface area contributed by atoms with Crippen LogP contribution < -0.4 is 5.32 Å². The van der Waals surface area contributed by atoms with E-state index in [9.17, 15) is 5.11 Å². The summed E-state index contributed by atoms with van der Waals surface area (Å²) in [5, 5.41) is 13.9. The number of nitrogens with zero attached hydrogens (tertiary/aromatic N) is 1. The van der Waals surface area contributed by atoms with Gasteiger partial charge in [0.2, 0.25) is 0 Å². The molecular formula is C12H17BrN2OS. The van der Waals surface area contributed by atoms with Crippen molar-refractivity contribution < 1.29 is 5.11 Å². The van der Waals surface area contributed by atoms with E-state index < -0.39 is 0 Å². The molecule has 2 N–H and O–H groups in total. The molecule has 1 aromatic rings. The Morgan fingerprint density at radius 1 is 1.65 bits per heavy atom. The Balaban J connectivity index is 2.02. The number of hydrogen-bond donors (Lipinski definition) is 2. The molecule has 0 aliphatic heterocycles. The molecule has 1 fully saturated rings. The van der Waals surface area contributed by atoms with Gasteiger partial charge >= 0.3 is 0 Å². The highest BCUT2D eigenvalue weighted by molar-refractivity contribution is 9.10. The molecule has 0 spiro atoms. The lowest BCUT2D eigenvalue weighted by Gasteiger charge is -2.31. The highest BCUT2D eigenvalue weighted by Gasteiger charge is 2.43. The summed E-state index contributed by atoms with van der Waals surface area (Å²) < 4.78 is 1.02. The molecule has 1 atom stereocenters. The third kappa shape index (κ3) is 3.02. The molecule has 0 radical (unpaired) electrons. The Hall–Kier alpha value is -0.100. The van der Waals surface area contributed by atoms with Crippen molar-refractivity contribution in [2.24, 2.45) is 5.92 Å². The molecule has 5 heteroatoms. The molecular weight excluding hydrogens is 300 g/mol. The molecule has 1 heterocycles. The molecule has 0 aromatic carbocycles. The van der Waals surface area contributed by atoms with E-state index in [1.54, 1.807) is 18.0 Å². The van der Waals surface area contributed by atoms with Gasteiger partial charge < -0.3 is 10.4 Å². The Kier molecular flexibility index (Phi) is 4.47. The van der Waals surface area contributed by atoms with Crippen LogP contribution in [0, 0.1) is 5.92 Å². The van der Waals surface area contributed by atoms with Crippen LogP contribution in [0.5, 0.6) is 0 Å². The average Bonchev–Trinajstić information content (AvgIpc) is 3.18. The fourth-order valence-corrected chi connectivity index (χ4v) is 3.76. The van der Waals surface area contributed by atoms with Crippen molar-refractivity contribution in [1.29, 1.82) is 0 Å². The number of pyridine rings is 1. The Morgan fingerprint density at radius 3 is 2.94 bits per heavy atom. The summed E-state index contributed by atoms with van der Waals surface area (Å²) in [6, 6.07) is 3.90. The van der Waals surface area contributed by atoms with Crippen LogP contribution in [0.15, 0.2) is 27.8 Å². The van der Waals surface area contributed by atoms with Gasteiger partial charge in [-0.15, -0.1) is 11.8 Å². The van der Waals surface area contributed by atoms with Gasteiger partial charge in [0.15, 0.2) is 0 Å². The van der Waals surface area contributed by atoms with Gasteiger partial charge in [0.25, 0.3) is 0 Å². The largest absolute Gasteiger partial charge is 0.394 e. The van der Waals surface area contributed by atoms with Crippen molar-refractivity contribution in [3.05, 3.63) is 22.8 Å². The second kappa shape index (κ2) is 5.69. The standard InChI is InChI=1S/C12H17BrN2OS/c1-14-12(7-16,9-4-5-9)8-17-11-10(13)3-2-6-15-11/h2-3,6,9,14,16H,4-5,7-8H2,1H3. The fourth-order valence-electron chi connectivity index (χ4n) is 1.96. The van der Waals surface area contributed by atoms with E-state index in [0.717, 1.165) is 15.3 Å². The fraction of sp³-hybridized carbons (Fsp3) is 0.583. The van der Waals surface area contributed by atoms with Crippen molar-refractivity contribution >= 4 is 27.7 Å². The summed E-state index contributed by atoms with van der Waals surface area (Å²) >= 11 is 5.19. The van der Waals surface area contributed by atoms with Crippen LogP contribution in [0.3, 0.4) is 0 Å². The first-order valence-electron chi connectivity index (χ1n) is 5.75. The summed E-state index contributed by atoms with van der Waals surface area (Å²) in [6.45, 7) is 0.186. The molecule has 1 aromatic heterocycles. The minimum atomic E-state index is -0.151. The van der Waals surface area contributed by atoms with Crippen LogP contribution >= 0.6 is 27.7 Å². The molecule has 1 saturated carbocycles. The number of likely N-dealkylation sites (N-methyl/N-ethyl adjacent to an activating group) is 1. The highest BCUT2D eigenvalue weighted by atomic mass is 79.9. The van der Waals surface area contributed by atoms with Gasteiger partial charge in [0.05, 0.1) is 12.1 Å². The zero-order valence-corrected chi connectivity index (χ0v) is 12.2. The zero-order chi connectivity index (χ0) is 12.3. The first-order valence-corrected chi connectivity index (χ1v) is 7.53. The van der Waals surface area contributed by atoms with Gasteiger partial charge in [0, 0.05) is 16.4 Å². The van der Waals surface area contributed by atoms with Gasteiger partial charge in [-0.3, -0.25) is 0 Å². The molecule has 0 bridgehead atoms. The van der Waals surface area contributed by atoms with Crippen LogP contribution in [-0.2, 0) is 0 Å². The maximum absolute atomic E-state index is 9.63. The minimum Gasteiger partial charge on any atom is -0.394 e. The van der Waals surface area contributed by atoms with Gasteiger partial charge in [-0.2, -0.15) is 0 Å². The van der Waals surface area contributed by atoms with Crippen LogP contribution in [0.1, 0.15) is 12.8 Å². The minimum absolute atomic E-state index is 0.151. The van der Waals surface area contributed by atoms with Crippen LogP contribution in [0.25, 0.3) is 0 Å². The predicted octanol–water partition coefficient (Wildman–Crippen LogP) is 2.30. The smallest absolute Gasteiger partial charge is 0.110 e. The second-order valence-electron chi connectivity index (χ2n) is 4.42. The molecule has 1 aliphatic carbocycles. The van der Waals surface area contributed by atoms with Crippen LogP contribution in [-0.4, -0.2) is 35.0 Å². The molecule has 1 unspecified atom stereocenters. The van der Waals surface area contributed by atoms with Gasteiger partial charge in [-0.25, -0.2) is 4.98 Å². The molecule has 94 valence electrons. The number of hydrogen-bond acceptors (Lipinski definition) is 4. The number of thioether (sulfide) groups is 1. The summed E-state index contributed by atoms with van der Waals surface area (Å²) in [5.41, 5.74) is -0.151. The van der Waals surface area contributed by atoms with Crippen molar-refractivity contribution in [3.63, 3.8) is 0 Å². The SMILES string of the molecule is CNC(CO)(CSc1ncccc1Br)C1CC1. The normalized spacial score (nSPS) is 19.0. The molecule has 1 aliphatic rings. The first-order chi connectivity index (χ1) is 8.22. The second-order valence-corrected chi connectivity index (χ2v) is 6.24. The van der Waals surface area contributed by atoms with Gasteiger partial charge in [0.1, 0.15) is 5.03 Å². The summed E-state index contributed by atoms with van der Waals surface area (Å²) in [5.74, 6) is 1.45. The summed E-state index contributed by atoms with van der Waals surface area (Å²) in [7, 11) is 1.93. The van der Waals surface area contributed by atoms with E-state index in [-0.39, 0.29) is 12.1 Å². The van der Waals surface area contributed by atoms with Crippen LogP contribution in [0.4, 0.5) is 0 Å². The summed E-state index contributed by atoms with van der Waals surface area (Å²) in [4.78, 5) is 4.34. The van der Waals surface area contributed by atoms with Crippen LogP contribution in [0.2, 0.25) is 0 Å². The lowest BCUT2D eigenvalue weighted by molar-refractivity contribution is 0.167. The lowest BCUT2D eigenvalue weighted by Crippen LogP contribution is -2.51. The average molecular weight is 317 g/mol. The lowest BCUT2D eigenvalue weighted by atomic mass is 9.97. The van der Waals surface area contributed by atoms with E-state index in [1.807, 2.05) is 19.2 Å². The number of rotatable bonds is 6. The number of aliphatic hydroxyl groups excluding tert-OH is 1. The molecule has 17 heavy (non-hydrogen) atoms. The monoisotopic (exact) mass is 316 g/mol. The molecule has 0 saturated heterocycles. The maximum Gasteiger partial charge on any atom is 0.110 e. The van der Waals surface area contributed by atoms with E-state index in [0.29, 0.717) is 5.92 Å². The van der Waals surface area contributed by atoms with Crippen molar-refractivity contribution in [1.82, 2.24) is 10.3 Å². The highest BCUT2D eigenvalue weighted by Crippen LogP contribution is 2.42. The van der Waals surface area contributed by atoms with Crippen molar-refractivity contribution in [2.75, 3.05) is 19.4 Å². The molecule has 2 rings (SSSR count). The number of nitrogens with one attached hydrogen (secondary N) is 1. The quantitative estimate of drug-likeness (QED) is 0.790. The molecule has 0 amide bonds. The maximum atomic E-state index is 9.63.